The van der Waals surface area contributed by atoms with Crippen molar-refractivity contribution in [3.8, 4) is 11.8 Å². The summed E-state index contributed by atoms with van der Waals surface area (Å²) in [6.07, 6.45) is 0. The number of amides is 1. The molecule has 1 aliphatic rings. The number of rotatable bonds is 4. The fourth-order valence-corrected chi connectivity index (χ4v) is 4.10. The van der Waals surface area contributed by atoms with Crippen molar-refractivity contribution >= 4 is 23.1 Å². The molecule has 0 radical (unpaired) electrons. The number of carbonyl (C=O) groups excluding carboxylic acids is 2. The van der Waals surface area contributed by atoms with Gasteiger partial charge in [-0.15, -0.1) is 0 Å². The van der Waals surface area contributed by atoms with E-state index in [-0.39, 0.29) is 11.3 Å². The van der Waals surface area contributed by atoms with Crippen LogP contribution >= 0.6 is 0 Å². The predicted molar refractivity (Wildman–Crippen MR) is 125 cm³/mol. The topological polar surface area (TPSA) is 90.6 Å². The van der Waals surface area contributed by atoms with Gasteiger partial charge in [-0.2, -0.15) is 5.26 Å². The smallest absolute Gasteiger partial charge is 0.300 e. The number of methoxy groups -OCH3 is 1. The molecule has 1 heterocycles. The first-order chi connectivity index (χ1) is 15.8. The molecule has 1 aliphatic heterocycles. The summed E-state index contributed by atoms with van der Waals surface area (Å²) in [4.78, 5) is 27.9. The number of aliphatic hydroxyl groups excluding tert-OH is 1. The summed E-state index contributed by atoms with van der Waals surface area (Å²) in [7, 11) is 1.48. The minimum atomic E-state index is -0.844. The summed E-state index contributed by atoms with van der Waals surface area (Å²) in [5.74, 6) is -1.44. The number of nitrogens with zero attached hydrogens (tertiary/aromatic N) is 2. The largest absolute Gasteiger partial charge is 0.507 e. The summed E-state index contributed by atoms with van der Waals surface area (Å²) < 4.78 is 5.41. The second-order valence-electron chi connectivity index (χ2n) is 7.95. The first kappa shape index (κ1) is 21.8. The first-order valence-electron chi connectivity index (χ1n) is 10.4. The molecule has 33 heavy (non-hydrogen) atoms. The van der Waals surface area contributed by atoms with E-state index in [4.69, 9.17) is 10.00 Å². The molecule has 164 valence electrons. The summed E-state index contributed by atoms with van der Waals surface area (Å²) in [5.41, 5.74) is 3.72. The standard InChI is InChI=1S/C27H22N2O4/c1-16-5-4-6-19(13-16)24-23(25(30)21-14-17(2)7-12-22(21)33-3)26(31)27(32)29(24)20-10-8-18(15-28)9-11-20/h4-14,24,30H,1-3H3/b25-23+. The van der Waals surface area contributed by atoms with Gasteiger partial charge in [0, 0.05) is 5.69 Å². The van der Waals surface area contributed by atoms with E-state index >= 15 is 0 Å². The summed E-state index contributed by atoms with van der Waals surface area (Å²) in [6.45, 7) is 3.78. The molecule has 0 saturated carbocycles. The highest BCUT2D eigenvalue weighted by molar-refractivity contribution is 6.51. The van der Waals surface area contributed by atoms with Crippen LogP contribution in [0.25, 0.3) is 5.76 Å². The first-order valence-corrected chi connectivity index (χ1v) is 10.4. The van der Waals surface area contributed by atoms with Crippen LogP contribution < -0.4 is 9.64 Å². The third-order valence-corrected chi connectivity index (χ3v) is 5.69. The number of hydrogen-bond acceptors (Lipinski definition) is 5. The summed E-state index contributed by atoms with van der Waals surface area (Å²) in [6, 6.07) is 20.4. The molecule has 0 bridgehead atoms. The van der Waals surface area contributed by atoms with Crippen LogP contribution in [0.3, 0.4) is 0 Å². The van der Waals surface area contributed by atoms with E-state index in [0.717, 1.165) is 11.1 Å². The van der Waals surface area contributed by atoms with Crippen molar-refractivity contribution in [1.29, 1.82) is 5.26 Å². The molecule has 1 unspecified atom stereocenters. The number of ether oxygens (including phenoxy) is 1. The van der Waals surface area contributed by atoms with E-state index in [1.165, 1.54) is 12.0 Å². The van der Waals surface area contributed by atoms with Crippen molar-refractivity contribution in [1.82, 2.24) is 0 Å². The minimum absolute atomic E-state index is 0.0149. The number of anilines is 1. The number of aryl methyl sites for hydroxylation is 2. The zero-order chi connectivity index (χ0) is 23.7. The van der Waals surface area contributed by atoms with Gasteiger partial charge in [0.25, 0.3) is 11.7 Å². The molecule has 1 amide bonds. The van der Waals surface area contributed by atoms with Gasteiger partial charge < -0.3 is 9.84 Å². The van der Waals surface area contributed by atoms with Gasteiger partial charge in [-0.25, -0.2) is 0 Å². The van der Waals surface area contributed by atoms with E-state index in [1.807, 2.05) is 50.2 Å². The van der Waals surface area contributed by atoms with Crippen LogP contribution in [0.2, 0.25) is 0 Å². The highest BCUT2D eigenvalue weighted by Gasteiger charge is 2.47. The number of carbonyl (C=O) groups is 2. The Hall–Kier alpha value is -4.37. The maximum Gasteiger partial charge on any atom is 0.300 e. The van der Waals surface area contributed by atoms with E-state index < -0.39 is 17.7 Å². The quantitative estimate of drug-likeness (QED) is 0.359. The number of hydrogen-bond donors (Lipinski definition) is 1. The minimum Gasteiger partial charge on any atom is -0.507 e. The molecule has 0 spiro atoms. The van der Waals surface area contributed by atoms with Gasteiger partial charge in [0.15, 0.2) is 0 Å². The molecule has 1 N–H and O–H groups in total. The van der Waals surface area contributed by atoms with E-state index in [0.29, 0.717) is 28.1 Å². The van der Waals surface area contributed by atoms with Crippen molar-refractivity contribution in [2.45, 2.75) is 19.9 Å². The Labute approximate surface area is 192 Å². The molecule has 1 saturated heterocycles. The zero-order valence-corrected chi connectivity index (χ0v) is 18.5. The Morgan fingerprint density at radius 3 is 2.33 bits per heavy atom. The average Bonchev–Trinajstić information content (AvgIpc) is 3.09. The van der Waals surface area contributed by atoms with Crippen molar-refractivity contribution in [2.24, 2.45) is 0 Å². The Bertz CT molecular complexity index is 1330. The third kappa shape index (κ3) is 3.85. The summed E-state index contributed by atoms with van der Waals surface area (Å²) >= 11 is 0. The molecule has 3 aromatic rings. The Balaban J connectivity index is 1.98. The Morgan fingerprint density at radius 2 is 1.70 bits per heavy atom. The zero-order valence-electron chi connectivity index (χ0n) is 18.5. The van der Waals surface area contributed by atoms with Crippen LogP contribution in [-0.4, -0.2) is 23.9 Å². The van der Waals surface area contributed by atoms with Gasteiger partial charge >= 0.3 is 0 Å². The fourth-order valence-electron chi connectivity index (χ4n) is 4.10. The Kier molecular flexibility index (Phi) is 5.72. The van der Waals surface area contributed by atoms with Crippen molar-refractivity contribution in [3.63, 3.8) is 0 Å². The lowest BCUT2D eigenvalue weighted by molar-refractivity contribution is -0.132. The fraction of sp³-hybridized carbons (Fsp3) is 0.148. The number of Topliss-reactive ketones (excluding diaryl/α,β-unsaturated/α-hetero) is 1. The van der Waals surface area contributed by atoms with Crippen LogP contribution in [0.1, 0.15) is 33.9 Å². The number of aliphatic hydroxyl groups is 1. The average molecular weight is 438 g/mol. The second-order valence-corrected chi connectivity index (χ2v) is 7.95. The molecule has 4 rings (SSSR count). The van der Waals surface area contributed by atoms with Crippen molar-refractivity contribution in [3.05, 3.63) is 100 Å². The molecule has 0 aliphatic carbocycles. The van der Waals surface area contributed by atoms with Crippen LogP contribution in [0.15, 0.2) is 72.3 Å². The lowest BCUT2D eigenvalue weighted by atomic mass is 9.93. The van der Waals surface area contributed by atoms with Gasteiger partial charge in [0.1, 0.15) is 11.5 Å². The molecule has 6 heteroatoms. The monoisotopic (exact) mass is 438 g/mol. The van der Waals surface area contributed by atoms with E-state index in [1.54, 1.807) is 36.4 Å². The third-order valence-electron chi connectivity index (χ3n) is 5.69. The maximum atomic E-state index is 13.3. The number of benzene rings is 3. The van der Waals surface area contributed by atoms with Crippen LogP contribution in [0.4, 0.5) is 5.69 Å². The highest BCUT2D eigenvalue weighted by Crippen LogP contribution is 2.43. The van der Waals surface area contributed by atoms with Crippen LogP contribution in [-0.2, 0) is 9.59 Å². The van der Waals surface area contributed by atoms with Gasteiger partial charge in [0.05, 0.1) is 35.9 Å². The van der Waals surface area contributed by atoms with E-state index in [2.05, 4.69) is 0 Å². The van der Waals surface area contributed by atoms with Gasteiger partial charge in [0.2, 0.25) is 0 Å². The predicted octanol–water partition coefficient (Wildman–Crippen LogP) is 4.81. The molecule has 6 nitrogen and oxygen atoms in total. The number of nitriles is 1. The van der Waals surface area contributed by atoms with Gasteiger partial charge in [-0.3, -0.25) is 14.5 Å². The van der Waals surface area contributed by atoms with Gasteiger partial charge in [-0.1, -0.05) is 41.5 Å². The van der Waals surface area contributed by atoms with Crippen LogP contribution in [0, 0.1) is 25.2 Å². The normalized spacial score (nSPS) is 17.2. The second kappa shape index (κ2) is 8.64. The molecular weight excluding hydrogens is 416 g/mol. The maximum absolute atomic E-state index is 13.3. The Morgan fingerprint density at radius 1 is 1.00 bits per heavy atom. The molecule has 1 fully saturated rings. The van der Waals surface area contributed by atoms with Crippen LogP contribution in [0.5, 0.6) is 5.75 Å². The van der Waals surface area contributed by atoms with Crippen molar-refractivity contribution < 1.29 is 19.4 Å². The lowest BCUT2D eigenvalue weighted by Gasteiger charge is -2.26. The molecule has 3 aromatic carbocycles. The lowest BCUT2D eigenvalue weighted by Crippen LogP contribution is -2.29. The van der Waals surface area contributed by atoms with E-state index in [9.17, 15) is 14.7 Å². The molecule has 0 aromatic heterocycles. The number of ketones is 1. The van der Waals surface area contributed by atoms with Gasteiger partial charge in [-0.05, 0) is 55.8 Å². The highest BCUT2D eigenvalue weighted by atomic mass is 16.5. The summed E-state index contributed by atoms with van der Waals surface area (Å²) in [5, 5.41) is 20.5. The van der Waals surface area contributed by atoms with Crippen molar-refractivity contribution in [2.75, 3.05) is 12.0 Å². The molecular formula is C27H22N2O4. The SMILES string of the molecule is COc1ccc(C)cc1/C(O)=C1\C(=O)C(=O)N(c2ccc(C#N)cc2)C1c1cccc(C)c1. The molecule has 1 atom stereocenters.